The normalized spacial score (nSPS) is 24.9. The van der Waals surface area contributed by atoms with Crippen LogP contribution in [0.4, 0.5) is 0 Å². The fourth-order valence-corrected chi connectivity index (χ4v) is 6.70. The van der Waals surface area contributed by atoms with Crippen LogP contribution in [-0.4, -0.2) is 9.97 Å². The summed E-state index contributed by atoms with van der Waals surface area (Å²) < 4.78 is 0. The van der Waals surface area contributed by atoms with E-state index in [1.807, 2.05) is 0 Å². The number of fused-ring (bicyclic) bond motifs is 3. The van der Waals surface area contributed by atoms with Gasteiger partial charge in [0.2, 0.25) is 0 Å². The van der Waals surface area contributed by atoms with Gasteiger partial charge in [-0.05, 0) is 72.4 Å². The van der Waals surface area contributed by atoms with Crippen LogP contribution in [-0.2, 0) is 0 Å². The Balaban J connectivity index is 1.29. The number of hydrogen-bond donors (Lipinski definition) is 0. The Kier molecular flexibility index (Phi) is 6.32. The highest BCUT2D eigenvalue weighted by Gasteiger charge is 2.30. The van der Waals surface area contributed by atoms with Gasteiger partial charge >= 0.3 is 0 Å². The first-order chi connectivity index (χ1) is 19.3. The molecule has 1 aromatic heterocycles. The first-order valence-corrected chi connectivity index (χ1v) is 14.4. The van der Waals surface area contributed by atoms with Crippen molar-refractivity contribution in [3.63, 3.8) is 0 Å². The van der Waals surface area contributed by atoms with Crippen molar-refractivity contribution < 1.29 is 0 Å². The molecule has 3 atom stereocenters. The lowest BCUT2D eigenvalue weighted by atomic mass is 9.70. The third-order valence-corrected chi connectivity index (χ3v) is 8.79. The number of hydrogen-bond acceptors (Lipinski definition) is 2. The largest absolute Gasteiger partial charge is 0.232 e. The number of allylic oxidation sites excluding steroid dienone is 18. The summed E-state index contributed by atoms with van der Waals surface area (Å²) in [4.78, 5) is 10.4. The maximum Gasteiger partial charge on any atom is 0.160 e. The van der Waals surface area contributed by atoms with Gasteiger partial charge in [0.15, 0.2) is 5.82 Å². The van der Waals surface area contributed by atoms with Crippen molar-refractivity contribution in [2.45, 2.75) is 44.9 Å². The van der Waals surface area contributed by atoms with E-state index in [1.54, 1.807) is 0 Å². The zero-order valence-electron chi connectivity index (χ0n) is 22.6. The van der Waals surface area contributed by atoms with E-state index in [1.165, 1.54) is 39.1 Å². The smallest absolute Gasteiger partial charge is 0.160 e. The van der Waals surface area contributed by atoms with E-state index in [4.69, 9.17) is 9.97 Å². The number of benzene rings is 1. The van der Waals surface area contributed by atoms with Gasteiger partial charge in [-0.3, -0.25) is 0 Å². The van der Waals surface area contributed by atoms with Crippen LogP contribution in [0.25, 0.3) is 22.5 Å². The minimum atomic E-state index is 0.388. The fraction of sp³-hybridized carbons (Fsp3) is 0.243. The summed E-state index contributed by atoms with van der Waals surface area (Å²) in [6.45, 7) is 2.23. The lowest BCUT2D eigenvalue weighted by molar-refractivity contribution is 0.595. The molecule has 5 aliphatic carbocycles. The van der Waals surface area contributed by atoms with E-state index in [9.17, 15) is 0 Å². The molecule has 0 bridgehead atoms. The van der Waals surface area contributed by atoms with Crippen LogP contribution in [0.1, 0.15) is 60.5 Å². The molecule has 39 heavy (non-hydrogen) atoms. The second-order valence-corrected chi connectivity index (χ2v) is 11.2. The first kappa shape index (κ1) is 24.0. The van der Waals surface area contributed by atoms with Gasteiger partial charge < -0.3 is 0 Å². The van der Waals surface area contributed by atoms with Crippen LogP contribution >= 0.6 is 0 Å². The second-order valence-electron chi connectivity index (χ2n) is 11.2. The van der Waals surface area contributed by atoms with Gasteiger partial charge in [-0.15, -0.1) is 0 Å². The molecule has 0 saturated carbocycles. The Morgan fingerprint density at radius 1 is 0.769 bits per heavy atom. The van der Waals surface area contributed by atoms with E-state index in [2.05, 4.69) is 116 Å². The zero-order chi connectivity index (χ0) is 26.2. The Bertz CT molecular complexity index is 1580. The molecule has 0 radical (unpaired) electrons. The molecule has 0 amide bonds. The molecule has 7 rings (SSSR count). The van der Waals surface area contributed by atoms with Crippen molar-refractivity contribution in [1.29, 1.82) is 0 Å². The average Bonchev–Trinajstić information content (AvgIpc) is 3.02. The monoisotopic (exact) mass is 506 g/mol. The molecule has 0 fully saturated rings. The van der Waals surface area contributed by atoms with E-state index >= 15 is 0 Å². The van der Waals surface area contributed by atoms with E-state index < -0.39 is 0 Å². The molecular weight excluding hydrogens is 472 g/mol. The summed E-state index contributed by atoms with van der Waals surface area (Å²) >= 11 is 0. The number of rotatable bonds is 4. The zero-order valence-corrected chi connectivity index (χ0v) is 22.6. The Hall–Kier alpha value is -4.04. The summed E-state index contributed by atoms with van der Waals surface area (Å²) in [5.74, 6) is 2.12. The number of aromatic nitrogens is 2. The highest BCUT2D eigenvalue weighted by molar-refractivity contribution is 5.84. The van der Waals surface area contributed by atoms with Gasteiger partial charge in [0.05, 0.1) is 11.4 Å². The third kappa shape index (κ3) is 4.48. The van der Waals surface area contributed by atoms with Gasteiger partial charge in [0.1, 0.15) is 0 Å². The second kappa shape index (κ2) is 10.3. The molecule has 5 aliphatic rings. The molecule has 192 valence electrons. The first-order valence-electron chi connectivity index (χ1n) is 14.4. The molecule has 2 nitrogen and oxygen atoms in total. The van der Waals surface area contributed by atoms with Crippen LogP contribution in [0.3, 0.4) is 0 Å². The molecule has 0 N–H and O–H groups in total. The van der Waals surface area contributed by atoms with Crippen LogP contribution in [0.2, 0.25) is 0 Å². The Morgan fingerprint density at radius 3 is 2.38 bits per heavy atom. The van der Waals surface area contributed by atoms with Gasteiger partial charge in [-0.25, -0.2) is 9.97 Å². The standard InChI is InChI=1S/C37H34N2/c1-25-35(27-12-4-2-5-13-27)38-37(39-36(25)28-14-6-3-7-15-28)29-22-20-26(21-23-29)34-24-30-16-8-9-17-31(30)32-18-10-11-19-33(32)34/h2-4,6,8-12,16-24,28,31-32H,5,7,13-15H2,1H3. The van der Waals surface area contributed by atoms with E-state index in [-0.39, 0.29) is 0 Å². The lowest BCUT2D eigenvalue weighted by Gasteiger charge is -2.33. The topological polar surface area (TPSA) is 25.8 Å². The molecule has 1 heterocycles. The van der Waals surface area contributed by atoms with Crippen molar-refractivity contribution in [2.24, 2.45) is 11.8 Å². The molecular formula is C37H34N2. The maximum absolute atomic E-state index is 5.23. The minimum absolute atomic E-state index is 0.388. The highest BCUT2D eigenvalue weighted by atomic mass is 14.9. The maximum atomic E-state index is 5.23. The summed E-state index contributed by atoms with van der Waals surface area (Å²) in [5, 5.41) is 0. The summed E-state index contributed by atoms with van der Waals surface area (Å²) in [5.41, 5.74) is 11.4. The SMILES string of the molecule is Cc1c(C2=CC=CCC2)nc(-c2ccc(C3=C4C=CC=CC4C4C=CC=CC4=C3)cc2)nc1C1CC=CCC1. The fourth-order valence-electron chi connectivity index (χ4n) is 6.70. The van der Waals surface area contributed by atoms with Gasteiger partial charge in [0, 0.05) is 23.3 Å². The lowest BCUT2D eigenvalue weighted by Crippen LogP contribution is -2.21. The van der Waals surface area contributed by atoms with Gasteiger partial charge in [-0.1, -0.05) is 109 Å². The quantitative estimate of drug-likeness (QED) is 0.386. The van der Waals surface area contributed by atoms with Crippen LogP contribution in [0.15, 0.2) is 120 Å². The average molecular weight is 507 g/mol. The molecule has 2 heteroatoms. The highest BCUT2D eigenvalue weighted by Crippen LogP contribution is 2.44. The van der Waals surface area contributed by atoms with Crippen molar-refractivity contribution >= 4 is 11.1 Å². The van der Waals surface area contributed by atoms with Crippen molar-refractivity contribution in [3.8, 4) is 11.4 Å². The van der Waals surface area contributed by atoms with Gasteiger partial charge in [0.25, 0.3) is 0 Å². The third-order valence-electron chi connectivity index (χ3n) is 8.79. The molecule has 0 saturated heterocycles. The molecule has 0 spiro atoms. The van der Waals surface area contributed by atoms with E-state index in [0.717, 1.165) is 49.2 Å². The van der Waals surface area contributed by atoms with Crippen LogP contribution in [0.5, 0.6) is 0 Å². The minimum Gasteiger partial charge on any atom is -0.232 e. The van der Waals surface area contributed by atoms with Crippen LogP contribution < -0.4 is 0 Å². The Labute approximate surface area is 232 Å². The van der Waals surface area contributed by atoms with Crippen LogP contribution in [0, 0.1) is 18.8 Å². The Morgan fingerprint density at radius 2 is 1.59 bits per heavy atom. The molecule has 1 aromatic carbocycles. The molecule has 0 aliphatic heterocycles. The van der Waals surface area contributed by atoms with Crippen molar-refractivity contribution in [1.82, 2.24) is 9.97 Å². The summed E-state index contributed by atoms with van der Waals surface area (Å²) in [7, 11) is 0. The van der Waals surface area contributed by atoms with E-state index in [0.29, 0.717) is 17.8 Å². The van der Waals surface area contributed by atoms with Crippen molar-refractivity contribution in [2.75, 3.05) is 0 Å². The summed E-state index contributed by atoms with van der Waals surface area (Å²) in [6, 6.07) is 8.95. The predicted octanol–water partition coefficient (Wildman–Crippen LogP) is 9.19. The van der Waals surface area contributed by atoms with Crippen molar-refractivity contribution in [3.05, 3.63) is 143 Å². The van der Waals surface area contributed by atoms with Gasteiger partial charge in [-0.2, -0.15) is 0 Å². The summed E-state index contributed by atoms with van der Waals surface area (Å²) in [6.07, 6.45) is 37.1. The molecule has 2 aromatic rings. The number of nitrogens with zero attached hydrogens (tertiary/aromatic N) is 2. The predicted molar refractivity (Wildman–Crippen MR) is 163 cm³/mol. The molecule has 3 unspecified atom stereocenters.